The molecule has 0 aliphatic carbocycles. The van der Waals surface area contributed by atoms with Gasteiger partial charge in [-0.25, -0.2) is 0 Å². The molecular weight excluding hydrogens is 350 g/mol. The zero-order valence-electron chi connectivity index (χ0n) is 12.9. The minimum absolute atomic E-state index is 0.137. The second-order valence-corrected chi connectivity index (χ2v) is 5.97. The monoisotopic (exact) mass is 371 g/mol. The van der Waals surface area contributed by atoms with Gasteiger partial charge in [-0.15, -0.1) is 0 Å². The lowest BCUT2D eigenvalue weighted by Gasteiger charge is -2.25. The number of hydrogen-bond acceptors (Lipinski definition) is 3. The zero-order valence-corrected chi connectivity index (χ0v) is 14.5. The van der Waals surface area contributed by atoms with E-state index in [1.807, 2.05) is 24.3 Å². The lowest BCUT2D eigenvalue weighted by Crippen LogP contribution is -2.40. The summed E-state index contributed by atoms with van der Waals surface area (Å²) >= 11 is 3.42. The molecular formula is C16H22BrNO4. The van der Waals surface area contributed by atoms with Crippen molar-refractivity contribution in [1.82, 2.24) is 4.90 Å². The van der Waals surface area contributed by atoms with Crippen LogP contribution in [0, 0.1) is 5.92 Å². The van der Waals surface area contributed by atoms with Crippen LogP contribution in [0.15, 0.2) is 28.7 Å². The average Bonchev–Trinajstić information content (AvgIpc) is 2.48. The first-order valence-corrected chi connectivity index (χ1v) is 8.01. The van der Waals surface area contributed by atoms with E-state index in [4.69, 9.17) is 9.84 Å². The first-order chi connectivity index (χ1) is 10.5. The number of halogens is 1. The molecule has 1 N–H and O–H groups in total. The zero-order chi connectivity index (χ0) is 16.5. The molecule has 5 nitrogen and oxygen atoms in total. The number of amides is 1. The smallest absolute Gasteiger partial charge is 0.323 e. The van der Waals surface area contributed by atoms with Crippen molar-refractivity contribution >= 4 is 27.8 Å². The third-order valence-corrected chi connectivity index (χ3v) is 3.90. The number of carbonyl (C=O) groups is 2. The van der Waals surface area contributed by atoms with Crippen LogP contribution in [0.2, 0.25) is 0 Å². The van der Waals surface area contributed by atoms with Crippen molar-refractivity contribution in [3.63, 3.8) is 0 Å². The topological polar surface area (TPSA) is 66.8 Å². The molecule has 0 radical (unpaired) electrons. The van der Waals surface area contributed by atoms with Crippen molar-refractivity contribution < 1.29 is 19.4 Å². The number of methoxy groups -OCH3 is 1. The van der Waals surface area contributed by atoms with Gasteiger partial charge >= 0.3 is 5.97 Å². The molecule has 0 aromatic heterocycles. The summed E-state index contributed by atoms with van der Waals surface area (Å²) < 4.78 is 6.04. The standard InChI is InChI=1S/C16H22BrNO4/c1-3-18(11-15(19)20)16(21)13(7-8-22-2)9-12-5-4-6-14(17)10-12/h4-6,10,13H,3,7-9,11H2,1-2H3,(H,19,20). The molecule has 1 atom stereocenters. The summed E-state index contributed by atoms with van der Waals surface area (Å²) in [4.78, 5) is 24.9. The highest BCUT2D eigenvalue weighted by molar-refractivity contribution is 9.10. The fourth-order valence-electron chi connectivity index (χ4n) is 2.29. The predicted octanol–water partition coefficient (Wildman–Crippen LogP) is 2.58. The first kappa shape index (κ1) is 18.6. The van der Waals surface area contributed by atoms with Crippen molar-refractivity contribution in [2.75, 3.05) is 26.8 Å². The highest BCUT2D eigenvalue weighted by Gasteiger charge is 2.25. The Morgan fingerprint density at radius 2 is 2.14 bits per heavy atom. The summed E-state index contributed by atoms with van der Waals surface area (Å²) in [5.41, 5.74) is 1.04. The molecule has 1 aromatic rings. The van der Waals surface area contributed by atoms with Gasteiger partial charge in [-0.05, 0) is 37.5 Å². The van der Waals surface area contributed by atoms with Gasteiger partial charge in [-0.1, -0.05) is 28.1 Å². The summed E-state index contributed by atoms with van der Waals surface area (Å²) in [6.07, 6.45) is 1.13. The Morgan fingerprint density at radius 3 is 2.68 bits per heavy atom. The molecule has 0 bridgehead atoms. The highest BCUT2D eigenvalue weighted by Crippen LogP contribution is 2.19. The molecule has 1 aromatic carbocycles. The number of nitrogens with zero attached hydrogens (tertiary/aromatic N) is 1. The Morgan fingerprint density at radius 1 is 1.41 bits per heavy atom. The van der Waals surface area contributed by atoms with E-state index < -0.39 is 5.97 Å². The molecule has 122 valence electrons. The fourth-order valence-corrected chi connectivity index (χ4v) is 2.74. The van der Waals surface area contributed by atoms with Crippen LogP contribution >= 0.6 is 15.9 Å². The Kier molecular flexibility index (Phi) is 8.12. The van der Waals surface area contributed by atoms with Crippen LogP contribution in [-0.4, -0.2) is 48.7 Å². The molecule has 6 heteroatoms. The lowest BCUT2D eigenvalue weighted by molar-refractivity contribution is -0.146. The van der Waals surface area contributed by atoms with Crippen LogP contribution in [0.5, 0.6) is 0 Å². The molecule has 1 unspecified atom stereocenters. The molecule has 0 aliphatic heterocycles. The quantitative estimate of drug-likeness (QED) is 0.724. The molecule has 1 rings (SSSR count). The van der Waals surface area contributed by atoms with Crippen LogP contribution < -0.4 is 0 Å². The normalized spacial score (nSPS) is 12.0. The van der Waals surface area contributed by atoms with E-state index in [-0.39, 0.29) is 18.4 Å². The summed E-state index contributed by atoms with van der Waals surface area (Å²) in [6, 6.07) is 7.79. The van der Waals surface area contributed by atoms with E-state index >= 15 is 0 Å². The van der Waals surface area contributed by atoms with Gasteiger partial charge < -0.3 is 14.7 Å². The van der Waals surface area contributed by atoms with E-state index in [0.29, 0.717) is 26.0 Å². The van der Waals surface area contributed by atoms with Crippen molar-refractivity contribution in [3.8, 4) is 0 Å². The Labute approximate surface area is 139 Å². The van der Waals surface area contributed by atoms with Crippen molar-refractivity contribution in [3.05, 3.63) is 34.3 Å². The third kappa shape index (κ3) is 6.15. The minimum atomic E-state index is -0.997. The Balaban J connectivity index is 2.85. The van der Waals surface area contributed by atoms with E-state index in [1.165, 1.54) is 4.90 Å². The highest BCUT2D eigenvalue weighted by atomic mass is 79.9. The van der Waals surface area contributed by atoms with Gasteiger partial charge in [0, 0.05) is 30.7 Å². The number of carbonyl (C=O) groups excluding carboxylic acids is 1. The molecule has 0 saturated heterocycles. The first-order valence-electron chi connectivity index (χ1n) is 7.21. The minimum Gasteiger partial charge on any atom is -0.480 e. The van der Waals surface area contributed by atoms with Crippen LogP contribution in [0.25, 0.3) is 0 Å². The number of carboxylic acid groups (broad SMARTS) is 1. The molecule has 0 aliphatic rings. The molecule has 0 saturated carbocycles. The number of benzene rings is 1. The van der Waals surface area contributed by atoms with E-state index in [9.17, 15) is 9.59 Å². The maximum absolute atomic E-state index is 12.6. The molecule has 1 amide bonds. The van der Waals surface area contributed by atoms with Crippen LogP contribution in [0.4, 0.5) is 0 Å². The Bertz CT molecular complexity index is 507. The summed E-state index contributed by atoms with van der Waals surface area (Å²) in [7, 11) is 1.59. The van der Waals surface area contributed by atoms with Gasteiger partial charge in [-0.2, -0.15) is 0 Å². The molecule has 22 heavy (non-hydrogen) atoms. The largest absolute Gasteiger partial charge is 0.480 e. The summed E-state index contributed by atoms with van der Waals surface area (Å²) in [6.45, 7) is 2.37. The SMILES string of the molecule is CCN(CC(=O)O)C(=O)C(CCOC)Cc1cccc(Br)c1. The number of likely N-dealkylation sites (N-methyl/N-ethyl adjacent to an activating group) is 1. The third-order valence-electron chi connectivity index (χ3n) is 3.41. The van der Waals surface area contributed by atoms with E-state index in [2.05, 4.69) is 15.9 Å². The van der Waals surface area contributed by atoms with E-state index in [1.54, 1.807) is 14.0 Å². The fraction of sp³-hybridized carbons (Fsp3) is 0.500. The van der Waals surface area contributed by atoms with Gasteiger partial charge in [0.25, 0.3) is 0 Å². The van der Waals surface area contributed by atoms with E-state index in [0.717, 1.165) is 10.0 Å². The molecule has 0 spiro atoms. The molecule has 0 fully saturated rings. The van der Waals surface area contributed by atoms with Crippen molar-refractivity contribution in [2.24, 2.45) is 5.92 Å². The maximum Gasteiger partial charge on any atom is 0.323 e. The van der Waals surface area contributed by atoms with Gasteiger partial charge in [0.15, 0.2) is 0 Å². The predicted molar refractivity (Wildman–Crippen MR) is 87.7 cm³/mol. The van der Waals surface area contributed by atoms with Crippen LogP contribution in [-0.2, 0) is 20.7 Å². The van der Waals surface area contributed by atoms with Crippen LogP contribution in [0.1, 0.15) is 18.9 Å². The number of carboxylic acids is 1. The Hall–Kier alpha value is -1.40. The summed E-state index contributed by atoms with van der Waals surface area (Å²) in [5, 5.41) is 8.92. The average molecular weight is 372 g/mol. The van der Waals surface area contributed by atoms with Gasteiger partial charge in [-0.3, -0.25) is 9.59 Å². The summed E-state index contributed by atoms with van der Waals surface area (Å²) in [5.74, 6) is -1.42. The molecule has 0 heterocycles. The van der Waals surface area contributed by atoms with Crippen LogP contribution in [0.3, 0.4) is 0 Å². The number of aliphatic carboxylic acids is 1. The maximum atomic E-state index is 12.6. The lowest BCUT2D eigenvalue weighted by atomic mass is 9.95. The number of rotatable bonds is 9. The van der Waals surface area contributed by atoms with Crippen molar-refractivity contribution in [2.45, 2.75) is 19.8 Å². The van der Waals surface area contributed by atoms with Gasteiger partial charge in [0.05, 0.1) is 0 Å². The second kappa shape index (κ2) is 9.58. The van der Waals surface area contributed by atoms with Gasteiger partial charge in [0.2, 0.25) is 5.91 Å². The second-order valence-electron chi connectivity index (χ2n) is 5.06. The number of ether oxygens (including phenoxy) is 1. The van der Waals surface area contributed by atoms with Crippen molar-refractivity contribution in [1.29, 1.82) is 0 Å². The number of hydrogen-bond donors (Lipinski definition) is 1. The van der Waals surface area contributed by atoms with Gasteiger partial charge in [0.1, 0.15) is 6.54 Å².